The lowest BCUT2D eigenvalue weighted by Crippen LogP contribution is -2.01. The fourth-order valence-electron chi connectivity index (χ4n) is 2.05. The van der Waals surface area contributed by atoms with E-state index in [1.54, 1.807) is 0 Å². The second-order valence-electron chi connectivity index (χ2n) is 4.64. The number of halogens is 2. The SMILES string of the molecule is O=C(c1cnn(-c2cccc(Br)c2)c1)c1cc(F)ccc1O. The molecule has 0 saturated carbocycles. The Bertz CT molecular complexity index is 861. The molecular formula is C16H10BrFN2O2. The van der Waals surface area contributed by atoms with Crippen molar-refractivity contribution in [1.82, 2.24) is 9.78 Å². The van der Waals surface area contributed by atoms with Gasteiger partial charge >= 0.3 is 0 Å². The molecule has 0 aliphatic carbocycles. The van der Waals surface area contributed by atoms with Gasteiger partial charge in [0.15, 0.2) is 5.78 Å². The molecule has 0 radical (unpaired) electrons. The van der Waals surface area contributed by atoms with Gasteiger partial charge in [-0.05, 0) is 36.4 Å². The van der Waals surface area contributed by atoms with Gasteiger partial charge in [0.2, 0.25) is 0 Å². The standard InChI is InChI=1S/C16H10BrFN2O2/c17-11-2-1-3-13(6-11)20-9-10(8-19-20)16(22)14-7-12(18)4-5-15(14)21/h1-9,21H. The number of benzene rings is 2. The number of carbonyl (C=O) groups excluding carboxylic acids is 1. The normalized spacial score (nSPS) is 10.6. The molecule has 0 fully saturated rings. The Morgan fingerprint density at radius 2 is 2.05 bits per heavy atom. The van der Waals surface area contributed by atoms with E-state index < -0.39 is 11.6 Å². The molecule has 0 saturated heterocycles. The summed E-state index contributed by atoms with van der Waals surface area (Å²) >= 11 is 3.37. The van der Waals surface area contributed by atoms with Crippen LogP contribution in [-0.4, -0.2) is 20.7 Å². The monoisotopic (exact) mass is 360 g/mol. The summed E-state index contributed by atoms with van der Waals surface area (Å²) in [6, 6.07) is 10.7. The number of aromatic nitrogens is 2. The Kier molecular flexibility index (Phi) is 3.77. The van der Waals surface area contributed by atoms with E-state index in [0.717, 1.165) is 28.4 Å². The average molecular weight is 361 g/mol. The molecule has 0 aliphatic heterocycles. The highest BCUT2D eigenvalue weighted by Crippen LogP contribution is 2.22. The third-order valence-corrected chi connectivity index (χ3v) is 3.61. The molecule has 0 aliphatic rings. The molecule has 1 N–H and O–H groups in total. The third-order valence-electron chi connectivity index (χ3n) is 3.12. The summed E-state index contributed by atoms with van der Waals surface area (Å²) < 4.78 is 15.7. The number of rotatable bonds is 3. The summed E-state index contributed by atoms with van der Waals surface area (Å²) in [4.78, 5) is 12.3. The maximum absolute atomic E-state index is 13.2. The summed E-state index contributed by atoms with van der Waals surface area (Å²) in [7, 11) is 0. The summed E-state index contributed by atoms with van der Waals surface area (Å²) in [5.41, 5.74) is 0.951. The van der Waals surface area contributed by atoms with Crippen molar-refractivity contribution in [3.05, 3.63) is 76.3 Å². The summed E-state index contributed by atoms with van der Waals surface area (Å²) in [5, 5.41) is 13.8. The van der Waals surface area contributed by atoms with E-state index in [4.69, 9.17) is 0 Å². The quantitative estimate of drug-likeness (QED) is 0.724. The van der Waals surface area contributed by atoms with Gasteiger partial charge in [-0.3, -0.25) is 4.79 Å². The lowest BCUT2D eigenvalue weighted by Gasteiger charge is -2.02. The van der Waals surface area contributed by atoms with Gasteiger partial charge in [0.25, 0.3) is 0 Å². The second kappa shape index (κ2) is 5.73. The van der Waals surface area contributed by atoms with Crippen LogP contribution in [0.4, 0.5) is 4.39 Å². The Balaban J connectivity index is 1.97. The minimum atomic E-state index is -0.583. The number of phenols is 1. The first kappa shape index (κ1) is 14.5. The van der Waals surface area contributed by atoms with Gasteiger partial charge in [0.1, 0.15) is 11.6 Å². The van der Waals surface area contributed by atoms with Crippen LogP contribution in [0.3, 0.4) is 0 Å². The number of hydrogen-bond acceptors (Lipinski definition) is 3. The number of aromatic hydroxyl groups is 1. The number of nitrogens with zero attached hydrogens (tertiary/aromatic N) is 2. The highest BCUT2D eigenvalue weighted by Gasteiger charge is 2.16. The van der Waals surface area contributed by atoms with E-state index in [1.165, 1.54) is 17.1 Å². The van der Waals surface area contributed by atoms with Crippen molar-refractivity contribution < 1.29 is 14.3 Å². The highest BCUT2D eigenvalue weighted by atomic mass is 79.9. The third kappa shape index (κ3) is 2.78. The smallest absolute Gasteiger partial charge is 0.200 e. The Labute approximate surface area is 134 Å². The van der Waals surface area contributed by atoms with Crippen molar-refractivity contribution in [2.75, 3.05) is 0 Å². The molecule has 1 heterocycles. The Morgan fingerprint density at radius 3 is 2.82 bits per heavy atom. The van der Waals surface area contributed by atoms with Crippen LogP contribution in [0, 0.1) is 5.82 Å². The fraction of sp³-hybridized carbons (Fsp3) is 0. The molecule has 3 rings (SSSR count). The zero-order valence-corrected chi connectivity index (χ0v) is 12.8. The molecule has 0 unspecified atom stereocenters. The molecule has 110 valence electrons. The molecule has 1 aromatic heterocycles. The molecule has 3 aromatic rings. The maximum atomic E-state index is 13.2. The predicted octanol–water partition coefficient (Wildman–Crippen LogP) is 3.71. The molecule has 0 bridgehead atoms. The van der Waals surface area contributed by atoms with Gasteiger partial charge in [-0.1, -0.05) is 22.0 Å². The molecule has 0 amide bonds. The van der Waals surface area contributed by atoms with Crippen LogP contribution >= 0.6 is 15.9 Å². The van der Waals surface area contributed by atoms with Gasteiger partial charge in [-0.2, -0.15) is 5.10 Å². The predicted molar refractivity (Wildman–Crippen MR) is 82.8 cm³/mol. The Hall–Kier alpha value is -2.47. The largest absolute Gasteiger partial charge is 0.507 e. The highest BCUT2D eigenvalue weighted by molar-refractivity contribution is 9.10. The first-order chi connectivity index (χ1) is 10.5. The van der Waals surface area contributed by atoms with Crippen LogP contribution in [0.5, 0.6) is 5.75 Å². The molecular weight excluding hydrogens is 351 g/mol. The zero-order valence-electron chi connectivity index (χ0n) is 11.2. The number of carbonyl (C=O) groups is 1. The van der Waals surface area contributed by atoms with E-state index in [-0.39, 0.29) is 16.9 Å². The summed E-state index contributed by atoms with van der Waals surface area (Å²) in [5.74, 6) is -1.33. The van der Waals surface area contributed by atoms with Crippen LogP contribution in [-0.2, 0) is 0 Å². The first-order valence-corrected chi connectivity index (χ1v) is 7.18. The summed E-state index contributed by atoms with van der Waals surface area (Å²) in [6.07, 6.45) is 2.92. The van der Waals surface area contributed by atoms with E-state index >= 15 is 0 Å². The van der Waals surface area contributed by atoms with Gasteiger partial charge in [0, 0.05) is 10.7 Å². The van der Waals surface area contributed by atoms with Gasteiger partial charge < -0.3 is 5.11 Å². The van der Waals surface area contributed by atoms with E-state index in [0.29, 0.717) is 0 Å². The van der Waals surface area contributed by atoms with Crippen molar-refractivity contribution in [3.63, 3.8) is 0 Å². The molecule has 4 nitrogen and oxygen atoms in total. The minimum Gasteiger partial charge on any atom is -0.507 e. The number of ketones is 1. The zero-order chi connectivity index (χ0) is 15.7. The van der Waals surface area contributed by atoms with Crippen molar-refractivity contribution in [2.45, 2.75) is 0 Å². The molecule has 2 aromatic carbocycles. The van der Waals surface area contributed by atoms with Crippen LogP contribution in [0.25, 0.3) is 5.69 Å². The lowest BCUT2D eigenvalue weighted by molar-refractivity contribution is 0.103. The van der Waals surface area contributed by atoms with Crippen LogP contribution in [0.1, 0.15) is 15.9 Å². The van der Waals surface area contributed by atoms with E-state index in [2.05, 4.69) is 21.0 Å². The van der Waals surface area contributed by atoms with Crippen LogP contribution < -0.4 is 0 Å². The van der Waals surface area contributed by atoms with Crippen molar-refractivity contribution in [2.24, 2.45) is 0 Å². The minimum absolute atomic E-state index is 0.0891. The Morgan fingerprint density at radius 1 is 1.23 bits per heavy atom. The molecule has 22 heavy (non-hydrogen) atoms. The van der Waals surface area contributed by atoms with E-state index in [1.807, 2.05) is 24.3 Å². The molecule has 0 atom stereocenters. The summed E-state index contributed by atoms with van der Waals surface area (Å²) in [6.45, 7) is 0. The maximum Gasteiger partial charge on any atom is 0.200 e. The van der Waals surface area contributed by atoms with E-state index in [9.17, 15) is 14.3 Å². The first-order valence-electron chi connectivity index (χ1n) is 6.38. The average Bonchev–Trinajstić information content (AvgIpc) is 2.99. The topological polar surface area (TPSA) is 55.1 Å². The van der Waals surface area contributed by atoms with Gasteiger partial charge in [0.05, 0.1) is 23.0 Å². The fourth-order valence-corrected chi connectivity index (χ4v) is 2.43. The second-order valence-corrected chi connectivity index (χ2v) is 5.56. The van der Waals surface area contributed by atoms with Gasteiger partial charge in [-0.25, -0.2) is 9.07 Å². The van der Waals surface area contributed by atoms with Gasteiger partial charge in [-0.15, -0.1) is 0 Å². The molecule has 0 spiro atoms. The molecule has 6 heteroatoms. The lowest BCUT2D eigenvalue weighted by atomic mass is 10.1. The van der Waals surface area contributed by atoms with Crippen molar-refractivity contribution in [1.29, 1.82) is 0 Å². The number of phenolic OH excluding ortho intramolecular Hbond substituents is 1. The van der Waals surface area contributed by atoms with Crippen LogP contribution in [0.15, 0.2) is 59.3 Å². The van der Waals surface area contributed by atoms with Crippen molar-refractivity contribution in [3.8, 4) is 11.4 Å². The van der Waals surface area contributed by atoms with Crippen molar-refractivity contribution >= 4 is 21.7 Å². The van der Waals surface area contributed by atoms with Crippen LogP contribution in [0.2, 0.25) is 0 Å². The number of hydrogen-bond donors (Lipinski definition) is 1.